The average molecular weight is 301 g/mol. The molecule has 0 spiro atoms. The van der Waals surface area contributed by atoms with Gasteiger partial charge in [0.25, 0.3) is 5.91 Å². The van der Waals surface area contributed by atoms with E-state index in [1.165, 1.54) is 18.2 Å². The lowest BCUT2D eigenvalue weighted by Gasteiger charge is -2.11. The second-order valence-corrected chi connectivity index (χ2v) is 5.60. The van der Waals surface area contributed by atoms with E-state index in [2.05, 4.69) is 9.50 Å². The van der Waals surface area contributed by atoms with E-state index in [1.54, 1.807) is 0 Å². The first-order valence-corrected chi connectivity index (χ1v) is 7.62. The lowest BCUT2D eigenvalue weighted by atomic mass is 10.1. The normalized spacial score (nSPS) is 10.9. The standard InChI is InChI=1S/C12H15NO6S/c1-3-7-13-11(14)8-5-4-6-9(10(8)12(15)16)19-20(2,17)18/h4-6H,3,7H2,1-2H3,(H,13,14)(H,15,16). The third-order valence-electron chi connectivity index (χ3n) is 2.26. The topological polar surface area (TPSA) is 110 Å². The predicted molar refractivity (Wildman–Crippen MR) is 71.5 cm³/mol. The van der Waals surface area contributed by atoms with Crippen LogP contribution in [0.1, 0.15) is 34.1 Å². The molecule has 0 fully saturated rings. The highest BCUT2D eigenvalue weighted by Crippen LogP contribution is 2.24. The predicted octanol–water partition coefficient (Wildman–Crippen LogP) is 0.863. The minimum absolute atomic E-state index is 0.146. The Bertz CT molecular complexity index is 623. The molecular formula is C12H15NO6S. The third kappa shape index (κ3) is 4.23. The van der Waals surface area contributed by atoms with Gasteiger partial charge in [0.1, 0.15) is 5.56 Å². The van der Waals surface area contributed by atoms with Crippen LogP contribution in [0.3, 0.4) is 0 Å². The molecule has 0 unspecified atom stereocenters. The fraction of sp³-hybridized carbons (Fsp3) is 0.333. The van der Waals surface area contributed by atoms with Gasteiger partial charge in [-0.15, -0.1) is 0 Å². The summed E-state index contributed by atoms with van der Waals surface area (Å²) in [6, 6.07) is 3.83. The highest BCUT2D eigenvalue weighted by molar-refractivity contribution is 7.86. The Balaban J connectivity index is 3.28. The van der Waals surface area contributed by atoms with Gasteiger partial charge in [0, 0.05) is 6.54 Å². The van der Waals surface area contributed by atoms with E-state index in [4.69, 9.17) is 5.11 Å². The number of nitrogens with one attached hydrogen (secondary N) is 1. The number of carbonyl (C=O) groups is 2. The third-order valence-corrected chi connectivity index (χ3v) is 2.74. The summed E-state index contributed by atoms with van der Waals surface area (Å²) in [6.07, 6.45) is 1.48. The molecule has 0 aliphatic carbocycles. The van der Waals surface area contributed by atoms with Gasteiger partial charge in [0.2, 0.25) is 0 Å². The molecule has 7 nitrogen and oxygen atoms in total. The maximum absolute atomic E-state index is 11.9. The molecule has 20 heavy (non-hydrogen) atoms. The summed E-state index contributed by atoms with van der Waals surface area (Å²) in [5.41, 5.74) is -0.626. The van der Waals surface area contributed by atoms with E-state index in [0.717, 1.165) is 6.26 Å². The number of amides is 1. The summed E-state index contributed by atoms with van der Waals surface area (Å²) in [7, 11) is -3.89. The van der Waals surface area contributed by atoms with Crippen LogP contribution in [0.2, 0.25) is 0 Å². The molecule has 2 N–H and O–H groups in total. The zero-order valence-electron chi connectivity index (χ0n) is 11.0. The van der Waals surface area contributed by atoms with Crippen molar-refractivity contribution in [1.82, 2.24) is 5.32 Å². The Morgan fingerprint density at radius 2 is 2.00 bits per heavy atom. The molecule has 0 bridgehead atoms. The van der Waals surface area contributed by atoms with Crippen molar-refractivity contribution in [1.29, 1.82) is 0 Å². The number of aromatic carboxylic acids is 1. The van der Waals surface area contributed by atoms with Crippen LogP contribution < -0.4 is 9.50 Å². The van der Waals surface area contributed by atoms with Gasteiger partial charge >= 0.3 is 16.1 Å². The van der Waals surface area contributed by atoms with E-state index in [1.807, 2.05) is 6.92 Å². The lowest BCUT2D eigenvalue weighted by Crippen LogP contribution is -2.26. The Hall–Kier alpha value is -2.09. The van der Waals surface area contributed by atoms with Crippen LogP contribution >= 0.6 is 0 Å². The number of benzene rings is 1. The Morgan fingerprint density at radius 1 is 1.35 bits per heavy atom. The SMILES string of the molecule is CCCNC(=O)c1cccc(OS(C)(=O)=O)c1C(=O)O. The van der Waals surface area contributed by atoms with E-state index in [9.17, 15) is 18.0 Å². The Kier molecular flexibility index (Phi) is 5.09. The van der Waals surface area contributed by atoms with Gasteiger partial charge in [-0.05, 0) is 18.6 Å². The quantitative estimate of drug-likeness (QED) is 0.754. The van der Waals surface area contributed by atoms with Crippen LogP contribution in [0.25, 0.3) is 0 Å². The minimum Gasteiger partial charge on any atom is -0.478 e. The first-order chi connectivity index (χ1) is 9.26. The average Bonchev–Trinajstić information content (AvgIpc) is 2.33. The molecule has 0 radical (unpaired) electrons. The van der Waals surface area contributed by atoms with E-state index in [0.29, 0.717) is 13.0 Å². The summed E-state index contributed by atoms with van der Waals surface area (Å²) in [5.74, 6) is -2.42. The summed E-state index contributed by atoms with van der Waals surface area (Å²) in [5, 5.41) is 11.7. The summed E-state index contributed by atoms with van der Waals surface area (Å²) in [4.78, 5) is 23.1. The first kappa shape index (κ1) is 16.0. The molecule has 1 amide bonds. The first-order valence-electron chi connectivity index (χ1n) is 5.80. The number of carboxylic acid groups (broad SMARTS) is 1. The van der Waals surface area contributed by atoms with Gasteiger partial charge in [-0.3, -0.25) is 4.79 Å². The van der Waals surface area contributed by atoms with E-state index < -0.39 is 27.6 Å². The van der Waals surface area contributed by atoms with Crippen LogP contribution in [0.15, 0.2) is 18.2 Å². The summed E-state index contributed by atoms with van der Waals surface area (Å²) >= 11 is 0. The van der Waals surface area contributed by atoms with Crippen molar-refractivity contribution < 1.29 is 27.3 Å². The largest absolute Gasteiger partial charge is 0.478 e. The number of carbonyl (C=O) groups excluding carboxylic acids is 1. The molecule has 1 aromatic rings. The lowest BCUT2D eigenvalue weighted by molar-refractivity contribution is 0.0689. The fourth-order valence-electron chi connectivity index (χ4n) is 1.51. The zero-order valence-corrected chi connectivity index (χ0v) is 11.9. The smallest absolute Gasteiger partial charge is 0.340 e. The van der Waals surface area contributed by atoms with Gasteiger partial charge < -0.3 is 14.6 Å². The summed E-state index contributed by atoms with van der Waals surface area (Å²) < 4.78 is 26.8. The maximum Gasteiger partial charge on any atom is 0.340 e. The molecule has 0 aromatic heterocycles. The molecule has 0 saturated heterocycles. The van der Waals surface area contributed by atoms with Crippen molar-refractivity contribution in [2.45, 2.75) is 13.3 Å². The zero-order chi connectivity index (χ0) is 15.3. The van der Waals surface area contributed by atoms with E-state index in [-0.39, 0.29) is 11.3 Å². The van der Waals surface area contributed by atoms with Crippen molar-refractivity contribution in [3.8, 4) is 5.75 Å². The van der Waals surface area contributed by atoms with Gasteiger partial charge in [-0.2, -0.15) is 8.42 Å². The molecule has 0 aliphatic rings. The highest BCUT2D eigenvalue weighted by Gasteiger charge is 2.23. The van der Waals surface area contributed by atoms with Crippen molar-refractivity contribution in [3.05, 3.63) is 29.3 Å². The van der Waals surface area contributed by atoms with Crippen molar-refractivity contribution in [2.75, 3.05) is 12.8 Å². The minimum atomic E-state index is -3.89. The molecule has 0 saturated carbocycles. The van der Waals surface area contributed by atoms with Crippen LogP contribution in [0.4, 0.5) is 0 Å². The van der Waals surface area contributed by atoms with Gasteiger partial charge in [0.15, 0.2) is 5.75 Å². The molecule has 0 aliphatic heterocycles. The number of rotatable bonds is 6. The Labute approximate surface area is 116 Å². The van der Waals surface area contributed by atoms with Crippen molar-refractivity contribution in [2.24, 2.45) is 0 Å². The second kappa shape index (κ2) is 6.38. The molecule has 110 valence electrons. The van der Waals surface area contributed by atoms with Crippen LogP contribution in [0, 0.1) is 0 Å². The maximum atomic E-state index is 11.9. The fourth-order valence-corrected chi connectivity index (χ4v) is 1.97. The second-order valence-electron chi connectivity index (χ2n) is 4.03. The van der Waals surface area contributed by atoms with Gasteiger partial charge in [-0.25, -0.2) is 4.79 Å². The van der Waals surface area contributed by atoms with Gasteiger partial charge in [-0.1, -0.05) is 13.0 Å². The monoisotopic (exact) mass is 301 g/mol. The van der Waals surface area contributed by atoms with Crippen LogP contribution in [-0.2, 0) is 10.1 Å². The number of hydrogen-bond acceptors (Lipinski definition) is 5. The Morgan fingerprint density at radius 3 is 2.50 bits per heavy atom. The van der Waals surface area contributed by atoms with Crippen molar-refractivity contribution in [3.63, 3.8) is 0 Å². The molecule has 1 rings (SSSR count). The molecule has 8 heteroatoms. The van der Waals surface area contributed by atoms with Crippen molar-refractivity contribution >= 4 is 22.0 Å². The highest BCUT2D eigenvalue weighted by atomic mass is 32.2. The van der Waals surface area contributed by atoms with Crippen LogP contribution in [0.5, 0.6) is 5.75 Å². The molecular weight excluding hydrogens is 286 g/mol. The molecule has 0 heterocycles. The molecule has 1 aromatic carbocycles. The number of carboxylic acids is 1. The molecule has 0 atom stereocenters. The van der Waals surface area contributed by atoms with Gasteiger partial charge in [0.05, 0.1) is 11.8 Å². The van der Waals surface area contributed by atoms with Crippen LogP contribution in [-0.4, -0.2) is 38.2 Å². The van der Waals surface area contributed by atoms with E-state index >= 15 is 0 Å². The number of hydrogen-bond donors (Lipinski definition) is 2. The summed E-state index contributed by atoms with van der Waals surface area (Å²) in [6.45, 7) is 2.23.